The molecular weight excluding hydrogens is 949 g/mol. The SMILES string of the molecule is CCCCC/C=C/C/C=C/C/C=C/CCCCCCC(=O)O[C@@H](COC(=O)CCC/C=C/C/C=C/C/C=C/C/C=C/CCCCCCCCC)CO[C@@H]1O[C@H](CO[C@@H]2O[C@H](CO)[C@H](O)C(O)C2O)[C@H](O)C(O)C1O. The summed E-state index contributed by atoms with van der Waals surface area (Å²) in [4.78, 5) is 25.8. The van der Waals surface area contributed by atoms with Crippen molar-refractivity contribution in [2.24, 2.45) is 0 Å². The van der Waals surface area contributed by atoms with E-state index in [1.807, 2.05) is 6.08 Å². The van der Waals surface area contributed by atoms with Gasteiger partial charge in [0, 0.05) is 12.8 Å². The molecule has 74 heavy (non-hydrogen) atoms. The standard InChI is InChI=1S/C59H98O15/c1-3-5-7-9-11-13-15-17-19-21-22-23-24-26-27-29-31-33-35-37-39-41-50(61)69-44-47(72-51(62)42-40-38-36-34-32-30-28-25-20-18-16-14-12-10-8-6-4-2)45-70-58-57(68)55(66)53(64)49(74-58)46-71-59-56(67)54(65)52(63)48(43-60)73-59/h12,14,18-21,23-24,27-30,33,35,47-49,52-60,63-68H,3-11,13,15-17,22,25-26,31-32,34,36-46H2,1-2H3/b14-12+,20-18+,21-19+,24-23+,29-27+,30-28+,35-33+/t47-,48+,49+,52-,53-,54?,55?,56?,57?,58+,59+/m0/s1. The molecule has 7 N–H and O–H groups in total. The van der Waals surface area contributed by atoms with Gasteiger partial charge in [0.2, 0.25) is 0 Å². The lowest BCUT2D eigenvalue weighted by Crippen LogP contribution is -2.61. The number of esters is 2. The van der Waals surface area contributed by atoms with Crippen molar-refractivity contribution in [1.29, 1.82) is 0 Å². The molecule has 0 spiro atoms. The van der Waals surface area contributed by atoms with Gasteiger partial charge in [0.25, 0.3) is 0 Å². The number of unbranched alkanes of at least 4 members (excludes halogenated alkanes) is 15. The number of rotatable bonds is 43. The van der Waals surface area contributed by atoms with Gasteiger partial charge in [-0.3, -0.25) is 9.59 Å². The first-order valence-electron chi connectivity index (χ1n) is 28.2. The first-order valence-corrected chi connectivity index (χ1v) is 28.2. The van der Waals surface area contributed by atoms with E-state index in [1.165, 1.54) is 64.2 Å². The Bertz CT molecular complexity index is 1610. The van der Waals surface area contributed by atoms with E-state index in [1.54, 1.807) is 0 Å². The molecule has 0 aromatic heterocycles. The van der Waals surface area contributed by atoms with Crippen LogP contribution < -0.4 is 0 Å². The maximum absolute atomic E-state index is 13.0. The Labute approximate surface area is 444 Å². The average Bonchev–Trinajstić information content (AvgIpc) is 3.39. The number of ether oxygens (including phenoxy) is 6. The summed E-state index contributed by atoms with van der Waals surface area (Å²) in [6.45, 7) is 2.47. The van der Waals surface area contributed by atoms with Gasteiger partial charge < -0.3 is 64.2 Å². The topological polar surface area (TPSA) is 231 Å². The number of allylic oxidation sites excluding steroid dienone is 14. The molecule has 2 fully saturated rings. The molecule has 0 radical (unpaired) electrons. The van der Waals surface area contributed by atoms with Crippen molar-refractivity contribution < 1.29 is 73.8 Å². The normalized spacial score (nSPS) is 25.3. The molecule has 0 aliphatic carbocycles. The third-order valence-corrected chi connectivity index (χ3v) is 12.8. The smallest absolute Gasteiger partial charge is 0.306 e. The van der Waals surface area contributed by atoms with E-state index in [-0.39, 0.29) is 19.4 Å². The number of hydrogen-bond acceptors (Lipinski definition) is 15. The largest absolute Gasteiger partial charge is 0.462 e. The van der Waals surface area contributed by atoms with Gasteiger partial charge in [-0.05, 0) is 89.9 Å². The fourth-order valence-corrected chi connectivity index (χ4v) is 8.22. The molecule has 0 saturated carbocycles. The van der Waals surface area contributed by atoms with Crippen molar-refractivity contribution in [3.8, 4) is 0 Å². The second-order valence-corrected chi connectivity index (χ2v) is 19.4. The van der Waals surface area contributed by atoms with Crippen LogP contribution in [0, 0.1) is 0 Å². The van der Waals surface area contributed by atoms with E-state index in [4.69, 9.17) is 28.4 Å². The zero-order chi connectivity index (χ0) is 53.9. The van der Waals surface area contributed by atoms with Gasteiger partial charge in [-0.25, -0.2) is 0 Å². The number of carbonyl (C=O) groups excluding carboxylic acids is 2. The number of aliphatic hydroxyl groups excluding tert-OH is 7. The van der Waals surface area contributed by atoms with Gasteiger partial charge >= 0.3 is 11.9 Å². The predicted octanol–water partition coefficient (Wildman–Crippen LogP) is 9.16. The molecule has 0 aromatic carbocycles. The molecule has 4 unspecified atom stereocenters. The third-order valence-electron chi connectivity index (χ3n) is 12.8. The quantitative estimate of drug-likeness (QED) is 0.0172. The first kappa shape index (κ1) is 66.8. The van der Waals surface area contributed by atoms with Gasteiger partial charge in [-0.2, -0.15) is 0 Å². The zero-order valence-electron chi connectivity index (χ0n) is 45.0. The Morgan fingerprint density at radius 1 is 0.432 bits per heavy atom. The molecule has 2 aliphatic heterocycles. The Morgan fingerprint density at radius 2 is 0.824 bits per heavy atom. The maximum atomic E-state index is 13.0. The summed E-state index contributed by atoms with van der Waals surface area (Å²) >= 11 is 0. The van der Waals surface area contributed by atoms with E-state index in [0.29, 0.717) is 19.3 Å². The minimum Gasteiger partial charge on any atom is -0.462 e. The molecule has 15 nitrogen and oxygen atoms in total. The van der Waals surface area contributed by atoms with Crippen molar-refractivity contribution in [2.75, 3.05) is 26.4 Å². The fourth-order valence-electron chi connectivity index (χ4n) is 8.22. The van der Waals surface area contributed by atoms with Crippen LogP contribution in [0.4, 0.5) is 0 Å². The van der Waals surface area contributed by atoms with Crippen LogP contribution in [0.15, 0.2) is 85.1 Å². The van der Waals surface area contributed by atoms with Crippen LogP contribution in [0.1, 0.15) is 181 Å². The van der Waals surface area contributed by atoms with Crippen LogP contribution in [0.25, 0.3) is 0 Å². The Balaban J connectivity index is 1.81. The number of carbonyl (C=O) groups is 2. The molecule has 2 heterocycles. The van der Waals surface area contributed by atoms with Crippen molar-refractivity contribution in [2.45, 2.75) is 248 Å². The number of hydrogen-bond donors (Lipinski definition) is 7. The highest BCUT2D eigenvalue weighted by molar-refractivity contribution is 5.70. The second kappa shape index (κ2) is 44.8. The minimum atomic E-state index is -1.78. The van der Waals surface area contributed by atoms with Crippen LogP contribution in [-0.2, 0) is 38.0 Å². The van der Waals surface area contributed by atoms with Crippen molar-refractivity contribution in [3.05, 3.63) is 85.1 Å². The first-order chi connectivity index (χ1) is 36.0. The van der Waals surface area contributed by atoms with Crippen molar-refractivity contribution in [3.63, 3.8) is 0 Å². The van der Waals surface area contributed by atoms with Crippen LogP contribution in [-0.4, -0.2) is 142 Å². The summed E-state index contributed by atoms with van der Waals surface area (Å²) in [7, 11) is 0. The Kier molecular flexibility index (Phi) is 40.4. The monoisotopic (exact) mass is 1050 g/mol. The van der Waals surface area contributed by atoms with Gasteiger partial charge in [0.1, 0.15) is 55.4 Å². The lowest BCUT2D eigenvalue weighted by Gasteiger charge is -2.42. The van der Waals surface area contributed by atoms with Crippen LogP contribution in [0.3, 0.4) is 0 Å². The van der Waals surface area contributed by atoms with Crippen molar-refractivity contribution >= 4 is 11.9 Å². The van der Waals surface area contributed by atoms with Crippen LogP contribution in [0.2, 0.25) is 0 Å². The minimum absolute atomic E-state index is 0.123. The van der Waals surface area contributed by atoms with Gasteiger partial charge in [-0.1, -0.05) is 163 Å². The third kappa shape index (κ3) is 31.7. The van der Waals surface area contributed by atoms with Gasteiger partial charge in [-0.15, -0.1) is 0 Å². The Hall–Kier alpha value is -3.32. The van der Waals surface area contributed by atoms with Gasteiger partial charge in [0.05, 0.1) is 19.8 Å². The molecule has 2 saturated heterocycles. The maximum Gasteiger partial charge on any atom is 0.306 e. The van der Waals surface area contributed by atoms with E-state index >= 15 is 0 Å². The molecule has 0 amide bonds. The van der Waals surface area contributed by atoms with Crippen LogP contribution in [0.5, 0.6) is 0 Å². The average molecular weight is 1050 g/mol. The van der Waals surface area contributed by atoms with Crippen LogP contribution >= 0.6 is 0 Å². The molecule has 0 aromatic rings. The second-order valence-electron chi connectivity index (χ2n) is 19.4. The number of aliphatic hydroxyl groups is 7. The van der Waals surface area contributed by atoms with Gasteiger partial charge in [0.15, 0.2) is 18.7 Å². The summed E-state index contributed by atoms with van der Waals surface area (Å²) in [5.41, 5.74) is 0. The Morgan fingerprint density at radius 3 is 1.34 bits per heavy atom. The van der Waals surface area contributed by atoms with E-state index in [2.05, 4.69) is 92.8 Å². The zero-order valence-corrected chi connectivity index (χ0v) is 45.0. The predicted molar refractivity (Wildman–Crippen MR) is 289 cm³/mol. The summed E-state index contributed by atoms with van der Waals surface area (Å²) < 4.78 is 33.6. The summed E-state index contributed by atoms with van der Waals surface area (Å²) in [5, 5.41) is 72.2. The summed E-state index contributed by atoms with van der Waals surface area (Å²) in [6.07, 6.45) is 38.9. The highest BCUT2D eigenvalue weighted by Crippen LogP contribution is 2.26. The molecular formula is C59H98O15. The van der Waals surface area contributed by atoms with Crippen molar-refractivity contribution in [1.82, 2.24) is 0 Å². The highest BCUT2D eigenvalue weighted by Gasteiger charge is 2.47. The molecule has 0 bridgehead atoms. The molecule has 424 valence electrons. The summed E-state index contributed by atoms with van der Waals surface area (Å²) in [6, 6.07) is 0. The lowest BCUT2D eigenvalue weighted by atomic mass is 9.98. The molecule has 11 atom stereocenters. The van der Waals surface area contributed by atoms with E-state index in [9.17, 15) is 45.3 Å². The molecule has 15 heteroatoms. The summed E-state index contributed by atoms with van der Waals surface area (Å²) in [5.74, 6) is -1.02. The molecule has 2 aliphatic rings. The fraction of sp³-hybridized carbons (Fsp3) is 0.729. The highest BCUT2D eigenvalue weighted by atomic mass is 16.7. The van der Waals surface area contributed by atoms with E-state index < -0.39 is 99.3 Å². The molecule has 2 rings (SSSR count). The van der Waals surface area contributed by atoms with E-state index in [0.717, 1.165) is 70.6 Å². The lowest BCUT2D eigenvalue weighted by molar-refractivity contribution is -0.332.